The van der Waals surface area contributed by atoms with Crippen molar-refractivity contribution < 1.29 is 4.74 Å². The molecule has 0 fully saturated rings. The number of anilines is 3. The third kappa shape index (κ3) is 4.11. The highest BCUT2D eigenvalue weighted by molar-refractivity contribution is 5.80. The second-order valence-electron chi connectivity index (χ2n) is 7.65. The zero-order chi connectivity index (χ0) is 21.9. The van der Waals surface area contributed by atoms with Gasteiger partial charge < -0.3 is 15.0 Å². The molecule has 0 saturated heterocycles. The summed E-state index contributed by atoms with van der Waals surface area (Å²) < 4.78 is 7.65. The number of fused-ring (bicyclic) bond motifs is 1. The molecule has 5 aromatic rings. The molecule has 0 atom stereocenters. The fourth-order valence-electron chi connectivity index (χ4n) is 3.47. The smallest absolute Gasteiger partial charge is 0.165 e. The van der Waals surface area contributed by atoms with E-state index in [1.54, 1.807) is 4.52 Å². The maximum absolute atomic E-state index is 5.86. The van der Waals surface area contributed by atoms with E-state index in [1.165, 1.54) is 0 Å². The van der Waals surface area contributed by atoms with Gasteiger partial charge in [0.2, 0.25) is 0 Å². The maximum atomic E-state index is 5.86. The number of ether oxygens (including phenoxy) is 1. The van der Waals surface area contributed by atoms with E-state index in [0.29, 0.717) is 0 Å². The molecule has 6 heteroatoms. The Morgan fingerprint density at radius 3 is 2.41 bits per heavy atom. The first kappa shape index (κ1) is 19.6. The molecule has 0 unspecified atom stereocenters. The number of rotatable bonds is 6. The quantitative estimate of drug-likeness (QED) is 0.364. The Bertz CT molecular complexity index is 1340. The lowest BCUT2D eigenvalue weighted by Gasteiger charge is -2.13. The summed E-state index contributed by atoms with van der Waals surface area (Å²) in [6.07, 6.45) is 3.77. The summed E-state index contributed by atoms with van der Waals surface area (Å²) in [7, 11) is 4.07. The van der Waals surface area contributed by atoms with Crippen LogP contribution in [0.25, 0.3) is 16.8 Å². The molecule has 32 heavy (non-hydrogen) atoms. The molecular formula is C26H23N5O. The van der Waals surface area contributed by atoms with Crippen LogP contribution >= 0.6 is 0 Å². The fourth-order valence-corrected chi connectivity index (χ4v) is 3.47. The average molecular weight is 422 g/mol. The highest BCUT2D eigenvalue weighted by atomic mass is 16.5. The van der Waals surface area contributed by atoms with Gasteiger partial charge in [0.15, 0.2) is 5.65 Å². The molecule has 0 aliphatic heterocycles. The molecule has 6 nitrogen and oxygen atoms in total. The van der Waals surface area contributed by atoms with Gasteiger partial charge in [-0.1, -0.05) is 30.3 Å². The van der Waals surface area contributed by atoms with Gasteiger partial charge in [0.05, 0.1) is 6.20 Å². The molecule has 0 saturated carbocycles. The lowest BCUT2D eigenvalue weighted by Crippen LogP contribution is -2.08. The Morgan fingerprint density at radius 1 is 0.844 bits per heavy atom. The van der Waals surface area contributed by atoms with E-state index in [9.17, 15) is 0 Å². The summed E-state index contributed by atoms with van der Waals surface area (Å²) in [5.74, 6) is 2.34. The number of hydrogen-bond donors (Lipinski definition) is 1. The molecule has 0 spiro atoms. The van der Waals surface area contributed by atoms with Gasteiger partial charge in [0.25, 0.3) is 0 Å². The third-order valence-corrected chi connectivity index (χ3v) is 5.15. The minimum Gasteiger partial charge on any atom is -0.457 e. The third-order valence-electron chi connectivity index (χ3n) is 5.15. The lowest BCUT2D eigenvalue weighted by atomic mass is 10.1. The van der Waals surface area contributed by atoms with E-state index in [0.717, 1.165) is 45.5 Å². The largest absolute Gasteiger partial charge is 0.457 e. The number of benzene rings is 3. The summed E-state index contributed by atoms with van der Waals surface area (Å²) >= 11 is 0. The van der Waals surface area contributed by atoms with E-state index in [4.69, 9.17) is 9.72 Å². The van der Waals surface area contributed by atoms with E-state index in [1.807, 2.05) is 87.2 Å². The van der Waals surface area contributed by atoms with Crippen molar-refractivity contribution in [3.8, 4) is 22.6 Å². The van der Waals surface area contributed by atoms with Gasteiger partial charge in [-0.25, -0.2) is 9.50 Å². The van der Waals surface area contributed by atoms with Crippen molar-refractivity contribution >= 4 is 22.8 Å². The van der Waals surface area contributed by atoms with Gasteiger partial charge in [0.1, 0.15) is 17.3 Å². The van der Waals surface area contributed by atoms with Gasteiger partial charge in [0, 0.05) is 37.2 Å². The first-order valence-electron chi connectivity index (χ1n) is 10.4. The molecule has 0 amide bonds. The van der Waals surface area contributed by atoms with E-state index in [2.05, 4.69) is 39.6 Å². The van der Waals surface area contributed by atoms with Gasteiger partial charge in [-0.2, -0.15) is 5.10 Å². The van der Waals surface area contributed by atoms with Crippen LogP contribution in [-0.4, -0.2) is 28.7 Å². The van der Waals surface area contributed by atoms with Crippen LogP contribution in [0.3, 0.4) is 0 Å². The van der Waals surface area contributed by atoms with Crippen LogP contribution in [-0.2, 0) is 0 Å². The summed E-state index contributed by atoms with van der Waals surface area (Å²) in [5, 5.41) is 7.83. The molecular weight excluding hydrogens is 398 g/mol. The van der Waals surface area contributed by atoms with Crippen LogP contribution < -0.4 is 15.0 Å². The Balaban J connectivity index is 1.38. The molecule has 0 aliphatic rings. The van der Waals surface area contributed by atoms with Crippen LogP contribution in [0, 0.1) is 0 Å². The SMILES string of the molecule is CN(C)c1cccc(-c2cnn3ccc(Nc4ccc(Oc5ccccc5)cc4)nc23)c1. The first-order valence-corrected chi connectivity index (χ1v) is 10.4. The predicted molar refractivity (Wildman–Crippen MR) is 129 cm³/mol. The topological polar surface area (TPSA) is 54.7 Å². The zero-order valence-electron chi connectivity index (χ0n) is 17.9. The summed E-state index contributed by atoms with van der Waals surface area (Å²) in [5.41, 5.74) is 4.93. The van der Waals surface area contributed by atoms with Crippen molar-refractivity contribution in [1.82, 2.24) is 14.6 Å². The Kier molecular flexibility index (Phi) is 5.17. The Hall–Kier alpha value is -4.32. The van der Waals surface area contributed by atoms with Crippen molar-refractivity contribution in [1.29, 1.82) is 0 Å². The minimum absolute atomic E-state index is 0.750. The van der Waals surface area contributed by atoms with Crippen molar-refractivity contribution in [3.63, 3.8) is 0 Å². The number of para-hydroxylation sites is 1. The summed E-state index contributed by atoms with van der Waals surface area (Å²) in [6.45, 7) is 0. The standard InChI is InChI=1S/C26H23N5O/c1-30(2)21-8-6-7-19(17-21)24-18-27-31-16-15-25(29-26(24)31)28-20-11-13-23(14-12-20)32-22-9-4-3-5-10-22/h3-18H,1-2H3,(H,28,29). The van der Waals surface area contributed by atoms with E-state index >= 15 is 0 Å². The van der Waals surface area contributed by atoms with Crippen LogP contribution in [0.15, 0.2) is 97.3 Å². The molecule has 2 aromatic heterocycles. The predicted octanol–water partition coefficient (Wildman–Crippen LogP) is 6.00. The van der Waals surface area contributed by atoms with Crippen molar-refractivity contribution in [2.24, 2.45) is 0 Å². The van der Waals surface area contributed by atoms with Crippen molar-refractivity contribution in [3.05, 3.63) is 97.3 Å². The summed E-state index contributed by atoms with van der Waals surface area (Å²) in [6, 6.07) is 27.8. The van der Waals surface area contributed by atoms with Crippen molar-refractivity contribution in [2.75, 3.05) is 24.3 Å². The number of nitrogens with one attached hydrogen (secondary N) is 1. The normalized spacial score (nSPS) is 10.8. The van der Waals surface area contributed by atoms with E-state index < -0.39 is 0 Å². The highest BCUT2D eigenvalue weighted by Gasteiger charge is 2.10. The van der Waals surface area contributed by atoms with Crippen LogP contribution in [0.2, 0.25) is 0 Å². The van der Waals surface area contributed by atoms with Gasteiger partial charge >= 0.3 is 0 Å². The molecule has 0 aliphatic carbocycles. The maximum Gasteiger partial charge on any atom is 0.165 e. The number of nitrogens with zero attached hydrogens (tertiary/aromatic N) is 4. The van der Waals surface area contributed by atoms with Crippen LogP contribution in [0.1, 0.15) is 0 Å². The first-order chi connectivity index (χ1) is 15.7. The lowest BCUT2D eigenvalue weighted by molar-refractivity contribution is 0.483. The minimum atomic E-state index is 0.750. The average Bonchev–Trinajstić information content (AvgIpc) is 3.24. The molecule has 5 rings (SSSR count). The second-order valence-corrected chi connectivity index (χ2v) is 7.65. The van der Waals surface area contributed by atoms with Gasteiger partial charge in [-0.3, -0.25) is 0 Å². The highest BCUT2D eigenvalue weighted by Crippen LogP contribution is 2.28. The summed E-state index contributed by atoms with van der Waals surface area (Å²) in [4.78, 5) is 6.90. The number of hydrogen-bond acceptors (Lipinski definition) is 5. The second kappa shape index (κ2) is 8.43. The molecule has 1 N–H and O–H groups in total. The number of aromatic nitrogens is 3. The zero-order valence-corrected chi connectivity index (χ0v) is 17.9. The molecule has 3 aromatic carbocycles. The molecule has 2 heterocycles. The van der Waals surface area contributed by atoms with Gasteiger partial charge in [-0.15, -0.1) is 0 Å². The Labute approximate surface area is 186 Å². The molecule has 158 valence electrons. The van der Waals surface area contributed by atoms with Gasteiger partial charge in [-0.05, 0) is 60.2 Å². The van der Waals surface area contributed by atoms with Crippen molar-refractivity contribution in [2.45, 2.75) is 0 Å². The Morgan fingerprint density at radius 2 is 1.62 bits per heavy atom. The molecule has 0 radical (unpaired) electrons. The van der Waals surface area contributed by atoms with E-state index in [-0.39, 0.29) is 0 Å². The van der Waals surface area contributed by atoms with Crippen LogP contribution in [0.5, 0.6) is 11.5 Å². The van der Waals surface area contributed by atoms with Crippen LogP contribution in [0.4, 0.5) is 17.2 Å². The monoisotopic (exact) mass is 421 g/mol. The fraction of sp³-hybridized carbons (Fsp3) is 0.0769. The molecule has 0 bridgehead atoms.